The first-order valence-corrected chi connectivity index (χ1v) is 12.7. The molecule has 0 atom stereocenters. The fraction of sp³-hybridized carbons (Fsp3) is 0.250. The number of hydrogen-bond donors (Lipinski definition) is 1. The number of aryl methyl sites for hydroxylation is 1. The molecule has 9 nitrogen and oxygen atoms in total. The average molecular weight is 519 g/mol. The number of methoxy groups -OCH3 is 2. The zero-order valence-electron chi connectivity index (χ0n) is 20.1. The van der Waals surface area contributed by atoms with E-state index in [4.69, 9.17) is 21.1 Å². The number of benzene rings is 2. The molecule has 1 amide bonds. The summed E-state index contributed by atoms with van der Waals surface area (Å²) in [5, 5.41) is 4.66. The molecule has 0 aliphatic carbocycles. The van der Waals surface area contributed by atoms with Crippen LogP contribution in [0.15, 0.2) is 53.6 Å². The van der Waals surface area contributed by atoms with Gasteiger partial charge < -0.3 is 14.0 Å². The number of carbonyl (C=O) groups is 1. The molecule has 1 heterocycles. The topological polar surface area (TPSA) is 102 Å². The number of hydrogen-bond acceptors (Lipinski definition) is 6. The standard InChI is InChI=1S/C24H27ClN4O5S/c1-16-11-18(17(2)29(16)21-8-6-7-19(25)12-21)14-26-27-24(30)15-28(35(5,31)32)20-9-10-22(33-3)23(13-20)34-4/h6-14H,15H2,1-5H3,(H,27,30)/b26-14-. The number of carbonyl (C=O) groups excluding carboxylic acids is 1. The normalized spacial score (nSPS) is 11.5. The average Bonchev–Trinajstić information content (AvgIpc) is 3.09. The van der Waals surface area contributed by atoms with Crippen LogP contribution >= 0.6 is 11.6 Å². The van der Waals surface area contributed by atoms with Gasteiger partial charge in [0.15, 0.2) is 11.5 Å². The van der Waals surface area contributed by atoms with Crippen LogP contribution in [0.25, 0.3) is 5.69 Å². The summed E-state index contributed by atoms with van der Waals surface area (Å²) in [5.74, 6) is 0.173. The highest BCUT2D eigenvalue weighted by Crippen LogP contribution is 2.32. The van der Waals surface area contributed by atoms with Gasteiger partial charge in [-0.2, -0.15) is 5.10 Å². The summed E-state index contributed by atoms with van der Waals surface area (Å²) in [6, 6.07) is 14.0. The summed E-state index contributed by atoms with van der Waals surface area (Å²) in [6.45, 7) is 3.42. The Labute approximate surface area is 210 Å². The minimum Gasteiger partial charge on any atom is -0.493 e. The molecule has 0 fully saturated rings. The van der Waals surface area contributed by atoms with Gasteiger partial charge in [-0.25, -0.2) is 13.8 Å². The maximum atomic E-state index is 12.6. The third kappa shape index (κ3) is 6.14. The number of nitrogens with zero attached hydrogens (tertiary/aromatic N) is 3. The van der Waals surface area contributed by atoms with E-state index in [9.17, 15) is 13.2 Å². The first-order valence-electron chi connectivity index (χ1n) is 10.5. The molecule has 1 N–H and O–H groups in total. The van der Waals surface area contributed by atoms with E-state index in [1.807, 2.05) is 42.7 Å². The van der Waals surface area contributed by atoms with Gasteiger partial charge in [-0.3, -0.25) is 9.10 Å². The van der Waals surface area contributed by atoms with Gasteiger partial charge in [0, 0.05) is 33.7 Å². The zero-order chi connectivity index (χ0) is 25.8. The van der Waals surface area contributed by atoms with Gasteiger partial charge in [-0.05, 0) is 50.2 Å². The van der Waals surface area contributed by atoms with E-state index < -0.39 is 22.5 Å². The van der Waals surface area contributed by atoms with Gasteiger partial charge in [-0.15, -0.1) is 0 Å². The summed E-state index contributed by atoms with van der Waals surface area (Å²) in [6.07, 6.45) is 2.54. The third-order valence-electron chi connectivity index (χ3n) is 5.27. The number of halogens is 1. The van der Waals surface area contributed by atoms with E-state index in [0.717, 1.165) is 33.2 Å². The Morgan fingerprint density at radius 2 is 1.83 bits per heavy atom. The first kappa shape index (κ1) is 26.1. The summed E-state index contributed by atoms with van der Waals surface area (Å²) < 4.78 is 38.2. The number of amides is 1. The van der Waals surface area contributed by atoms with Crippen molar-refractivity contribution in [3.63, 3.8) is 0 Å². The van der Waals surface area contributed by atoms with Gasteiger partial charge in [0.1, 0.15) is 6.54 Å². The Morgan fingerprint density at radius 3 is 2.46 bits per heavy atom. The van der Waals surface area contributed by atoms with Crippen molar-refractivity contribution in [3.8, 4) is 17.2 Å². The molecular formula is C24H27ClN4O5S. The van der Waals surface area contributed by atoms with Crippen LogP contribution in [0.5, 0.6) is 11.5 Å². The van der Waals surface area contributed by atoms with Crippen LogP contribution in [-0.2, 0) is 14.8 Å². The molecular weight excluding hydrogens is 492 g/mol. The minimum absolute atomic E-state index is 0.259. The summed E-state index contributed by atoms with van der Waals surface area (Å²) in [4.78, 5) is 12.6. The maximum Gasteiger partial charge on any atom is 0.260 e. The van der Waals surface area contributed by atoms with Crippen LogP contribution in [0.2, 0.25) is 5.02 Å². The van der Waals surface area contributed by atoms with Crippen molar-refractivity contribution in [2.24, 2.45) is 5.10 Å². The van der Waals surface area contributed by atoms with E-state index in [0.29, 0.717) is 16.5 Å². The Bertz CT molecular complexity index is 1370. The zero-order valence-corrected chi connectivity index (χ0v) is 21.6. The van der Waals surface area contributed by atoms with Gasteiger partial charge in [-0.1, -0.05) is 17.7 Å². The molecule has 3 aromatic rings. The molecule has 0 aliphatic heterocycles. The van der Waals surface area contributed by atoms with Crippen LogP contribution in [0.1, 0.15) is 17.0 Å². The number of hydrazone groups is 1. The lowest BCUT2D eigenvalue weighted by molar-refractivity contribution is -0.119. The van der Waals surface area contributed by atoms with Crippen LogP contribution in [0, 0.1) is 13.8 Å². The van der Waals surface area contributed by atoms with Crippen molar-refractivity contribution in [1.29, 1.82) is 0 Å². The molecule has 0 saturated heterocycles. The molecule has 0 saturated carbocycles. The van der Waals surface area contributed by atoms with E-state index in [-0.39, 0.29) is 5.69 Å². The quantitative estimate of drug-likeness (QED) is 0.344. The van der Waals surface area contributed by atoms with Crippen molar-refractivity contribution in [1.82, 2.24) is 9.99 Å². The van der Waals surface area contributed by atoms with Gasteiger partial charge in [0.25, 0.3) is 5.91 Å². The largest absolute Gasteiger partial charge is 0.493 e. The highest BCUT2D eigenvalue weighted by molar-refractivity contribution is 7.92. The van der Waals surface area contributed by atoms with Crippen LogP contribution < -0.4 is 19.2 Å². The van der Waals surface area contributed by atoms with E-state index in [1.165, 1.54) is 32.6 Å². The molecule has 35 heavy (non-hydrogen) atoms. The van der Waals surface area contributed by atoms with Gasteiger partial charge >= 0.3 is 0 Å². The molecule has 3 rings (SSSR count). The molecule has 0 bridgehead atoms. The van der Waals surface area contributed by atoms with E-state index >= 15 is 0 Å². The Morgan fingerprint density at radius 1 is 1.11 bits per heavy atom. The number of ether oxygens (including phenoxy) is 2. The number of anilines is 1. The molecule has 0 aliphatic rings. The molecule has 0 unspecified atom stereocenters. The fourth-order valence-corrected chi connectivity index (χ4v) is 4.68. The van der Waals surface area contributed by atoms with Crippen molar-refractivity contribution in [2.45, 2.75) is 13.8 Å². The SMILES string of the molecule is COc1ccc(N(CC(=O)N/N=C\c2cc(C)n(-c3cccc(Cl)c3)c2C)S(C)(=O)=O)cc1OC. The van der Waals surface area contributed by atoms with E-state index in [1.54, 1.807) is 12.1 Å². The highest BCUT2D eigenvalue weighted by atomic mass is 35.5. The first-order chi connectivity index (χ1) is 16.5. The molecule has 11 heteroatoms. The Kier molecular flexibility index (Phi) is 8.08. The van der Waals surface area contributed by atoms with Crippen molar-refractivity contribution < 1.29 is 22.7 Å². The minimum atomic E-state index is -3.77. The Hall–Kier alpha value is -3.50. The van der Waals surface area contributed by atoms with Crippen molar-refractivity contribution >= 4 is 39.4 Å². The number of rotatable bonds is 9. The monoisotopic (exact) mass is 518 g/mol. The second kappa shape index (κ2) is 10.8. The van der Waals surface area contributed by atoms with E-state index in [2.05, 4.69) is 10.5 Å². The smallest absolute Gasteiger partial charge is 0.260 e. The van der Waals surface area contributed by atoms with Crippen molar-refractivity contribution in [3.05, 3.63) is 70.5 Å². The fourth-order valence-electron chi connectivity index (χ4n) is 3.65. The Balaban J connectivity index is 1.76. The number of aromatic nitrogens is 1. The predicted octanol–water partition coefficient (Wildman–Crippen LogP) is 3.68. The van der Waals surface area contributed by atoms with Gasteiger partial charge in [0.2, 0.25) is 10.0 Å². The molecule has 0 radical (unpaired) electrons. The van der Waals surface area contributed by atoms with Crippen LogP contribution in [-0.4, -0.2) is 52.1 Å². The lowest BCUT2D eigenvalue weighted by Gasteiger charge is -2.22. The molecule has 2 aromatic carbocycles. The highest BCUT2D eigenvalue weighted by Gasteiger charge is 2.22. The lowest BCUT2D eigenvalue weighted by Crippen LogP contribution is -2.39. The molecule has 1 aromatic heterocycles. The number of sulfonamides is 1. The number of nitrogens with one attached hydrogen (secondary N) is 1. The molecule has 0 spiro atoms. The second-order valence-electron chi connectivity index (χ2n) is 7.74. The summed E-state index contributed by atoms with van der Waals surface area (Å²) >= 11 is 6.13. The summed E-state index contributed by atoms with van der Waals surface area (Å²) in [5.41, 5.74) is 6.24. The summed E-state index contributed by atoms with van der Waals surface area (Å²) in [7, 11) is -0.850. The van der Waals surface area contributed by atoms with Crippen LogP contribution in [0.3, 0.4) is 0 Å². The van der Waals surface area contributed by atoms with Crippen molar-refractivity contribution in [2.75, 3.05) is 31.3 Å². The third-order valence-corrected chi connectivity index (χ3v) is 6.65. The second-order valence-corrected chi connectivity index (χ2v) is 10.1. The predicted molar refractivity (Wildman–Crippen MR) is 138 cm³/mol. The maximum absolute atomic E-state index is 12.6. The van der Waals surface area contributed by atoms with Crippen LogP contribution in [0.4, 0.5) is 5.69 Å². The molecule has 186 valence electrons. The van der Waals surface area contributed by atoms with Gasteiger partial charge in [0.05, 0.1) is 32.4 Å². The lowest BCUT2D eigenvalue weighted by atomic mass is 10.2.